The van der Waals surface area contributed by atoms with Crippen LogP contribution in [-0.4, -0.2) is 38.3 Å². The van der Waals surface area contributed by atoms with Gasteiger partial charge in [0.15, 0.2) is 21.4 Å². The summed E-state index contributed by atoms with van der Waals surface area (Å²) in [5, 5.41) is 2.33. The Morgan fingerprint density at radius 3 is 2.71 bits per heavy atom. The monoisotopic (exact) mass is 451 g/mol. The third-order valence-corrected chi connectivity index (χ3v) is 7.46. The second-order valence-corrected chi connectivity index (χ2v) is 10.8. The van der Waals surface area contributed by atoms with E-state index in [0.29, 0.717) is 38.2 Å². The lowest BCUT2D eigenvalue weighted by Gasteiger charge is -2.19. The van der Waals surface area contributed by atoms with E-state index in [1.165, 1.54) is 6.07 Å². The van der Waals surface area contributed by atoms with Crippen molar-refractivity contribution in [1.82, 2.24) is 5.32 Å². The SMILES string of the molecule is C[C@@H](CS(=O)(=O)C/C=C/CCC1CCC(=O)NC1=O)c1ccc(F)c(OCC2CC2)c1. The first-order chi connectivity index (χ1) is 14.7. The van der Waals surface area contributed by atoms with Crippen molar-refractivity contribution in [3.8, 4) is 5.75 Å². The number of hydrogen-bond donors (Lipinski definition) is 1. The lowest BCUT2D eigenvalue weighted by Crippen LogP contribution is -2.40. The Morgan fingerprint density at radius 2 is 2.00 bits per heavy atom. The molecule has 6 nitrogen and oxygen atoms in total. The van der Waals surface area contributed by atoms with E-state index < -0.39 is 15.7 Å². The summed E-state index contributed by atoms with van der Waals surface area (Å²) >= 11 is 0. The van der Waals surface area contributed by atoms with Crippen molar-refractivity contribution in [3.63, 3.8) is 0 Å². The molecule has 1 saturated carbocycles. The Kier molecular flexibility index (Phi) is 7.86. The summed E-state index contributed by atoms with van der Waals surface area (Å²) in [5.74, 6) is -0.843. The van der Waals surface area contributed by atoms with E-state index >= 15 is 0 Å². The van der Waals surface area contributed by atoms with E-state index in [-0.39, 0.29) is 40.9 Å². The molecule has 1 heterocycles. The highest BCUT2D eigenvalue weighted by molar-refractivity contribution is 7.91. The Hall–Kier alpha value is -2.22. The molecule has 8 heteroatoms. The van der Waals surface area contributed by atoms with Crippen molar-refractivity contribution in [2.24, 2.45) is 11.8 Å². The number of imide groups is 1. The maximum absolute atomic E-state index is 14.0. The Labute approximate surface area is 183 Å². The minimum absolute atomic E-state index is 0.0435. The van der Waals surface area contributed by atoms with E-state index in [1.54, 1.807) is 24.3 Å². The summed E-state index contributed by atoms with van der Waals surface area (Å²) in [5.41, 5.74) is 0.734. The van der Waals surface area contributed by atoms with Crippen LogP contribution in [0.2, 0.25) is 0 Å². The average Bonchev–Trinajstić information content (AvgIpc) is 3.52. The molecular weight excluding hydrogens is 421 g/mol. The fourth-order valence-corrected chi connectivity index (χ4v) is 5.14. The van der Waals surface area contributed by atoms with Crippen LogP contribution in [0.25, 0.3) is 0 Å². The summed E-state index contributed by atoms with van der Waals surface area (Å²) in [6.07, 6.45) is 7.66. The van der Waals surface area contributed by atoms with Crippen molar-refractivity contribution in [3.05, 3.63) is 41.7 Å². The zero-order valence-electron chi connectivity index (χ0n) is 17.8. The summed E-state index contributed by atoms with van der Waals surface area (Å²) in [4.78, 5) is 22.9. The maximum atomic E-state index is 14.0. The molecule has 1 N–H and O–H groups in total. The van der Waals surface area contributed by atoms with E-state index in [1.807, 2.05) is 6.92 Å². The third-order valence-electron chi connectivity index (χ3n) is 5.75. The van der Waals surface area contributed by atoms with Crippen molar-refractivity contribution >= 4 is 21.7 Å². The second-order valence-electron chi connectivity index (χ2n) is 8.62. The molecule has 0 spiro atoms. The lowest BCUT2D eigenvalue weighted by molar-refractivity contribution is -0.136. The predicted molar refractivity (Wildman–Crippen MR) is 116 cm³/mol. The average molecular weight is 452 g/mol. The van der Waals surface area contributed by atoms with Crippen LogP contribution in [-0.2, 0) is 19.4 Å². The van der Waals surface area contributed by atoms with Gasteiger partial charge in [-0.25, -0.2) is 12.8 Å². The van der Waals surface area contributed by atoms with Gasteiger partial charge in [-0.15, -0.1) is 0 Å². The molecule has 0 aromatic heterocycles. The molecule has 1 aromatic rings. The van der Waals surface area contributed by atoms with Crippen LogP contribution in [0, 0.1) is 17.7 Å². The van der Waals surface area contributed by atoms with Crippen LogP contribution in [0.1, 0.15) is 56.9 Å². The molecule has 31 heavy (non-hydrogen) atoms. The highest BCUT2D eigenvalue weighted by atomic mass is 32.2. The standard InChI is InChI=1S/C23H30FNO5S/c1-16(19-8-10-20(24)21(13-19)30-14-17-6-7-17)15-31(28,29)12-4-2-3-5-18-9-11-22(26)25-23(18)27/h2,4,8,10,13,16-18H,3,5-7,9,11-12,14-15H2,1H3,(H,25,26,27)/b4-2+/t16-,18?/m0/s1. The third kappa shape index (κ3) is 7.45. The molecule has 1 saturated heterocycles. The first-order valence-electron chi connectivity index (χ1n) is 10.8. The molecule has 170 valence electrons. The zero-order valence-corrected chi connectivity index (χ0v) is 18.6. The highest BCUT2D eigenvalue weighted by Crippen LogP contribution is 2.31. The second kappa shape index (κ2) is 10.4. The molecule has 0 radical (unpaired) electrons. The van der Waals surface area contributed by atoms with Gasteiger partial charge < -0.3 is 4.74 Å². The molecule has 1 aliphatic heterocycles. The molecule has 0 bridgehead atoms. The first-order valence-corrected chi connectivity index (χ1v) is 12.7. The molecular formula is C23H30FNO5S. The van der Waals surface area contributed by atoms with Gasteiger partial charge in [-0.3, -0.25) is 14.9 Å². The van der Waals surface area contributed by atoms with Gasteiger partial charge in [-0.1, -0.05) is 25.1 Å². The van der Waals surface area contributed by atoms with Gasteiger partial charge in [-0.05, 0) is 61.6 Å². The number of carbonyl (C=O) groups excluding carboxylic acids is 2. The number of piperidine rings is 1. The number of halogens is 1. The number of benzene rings is 1. The molecule has 1 unspecified atom stereocenters. The lowest BCUT2D eigenvalue weighted by atomic mass is 9.93. The van der Waals surface area contributed by atoms with Crippen LogP contribution in [0.5, 0.6) is 5.75 Å². The Balaban J connectivity index is 1.46. The van der Waals surface area contributed by atoms with E-state index in [9.17, 15) is 22.4 Å². The largest absolute Gasteiger partial charge is 0.490 e. The quantitative estimate of drug-likeness (QED) is 0.411. The number of carbonyl (C=O) groups is 2. The Morgan fingerprint density at radius 1 is 1.23 bits per heavy atom. The van der Waals surface area contributed by atoms with Gasteiger partial charge in [0, 0.05) is 12.3 Å². The van der Waals surface area contributed by atoms with E-state index in [0.717, 1.165) is 18.4 Å². The zero-order chi connectivity index (χ0) is 22.4. The summed E-state index contributed by atoms with van der Waals surface area (Å²) in [7, 11) is -3.34. The molecule has 1 aromatic carbocycles. The van der Waals surface area contributed by atoms with Gasteiger partial charge >= 0.3 is 0 Å². The van der Waals surface area contributed by atoms with E-state index in [2.05, 4.69) is 5.32 Å². The van der Waals surface area contributed by atoms with Crippen LogP contribution in [0.3, 0.4) is 0 Å². The van der Waals surface area contributed by atoms with Gasteiger partial charge in [0.25, 0.3) is 0 Å². The first kappa shape index (κ1) is 23.4. The fourth-order valence-electron chi connectivity index (χ4n) is 3.62. The van der Waals surface area contributed by atoms with Crippen LogP contribution < -0.4 is 10.1 Å². The number of sulfone groups is 1. The maximum Gasteiger partial charge on any atom is 0.229 e. The summed E-state index contributed by atoms with van der Waals surface area (Å²) < 4.78 is 44.5. The Bertz CT molecular complexity index is 939. The van der Waals surface area contributed by atoms with Crippen LogP contribution >= 0.6 is 0 Å². The van der Waals surface area contributed by atoms with Gasteiger partial charge in [0.2, 0.25) is 11.8 Å². The number of ether oxygens (including phenoxy) is 1. The van der Waals surface area contributed by atoms with Crippen molar-refractivity contribution in [2.45, 2.75) is 51.4 Å². The summed E-state index contributed by atoms with van der Waals surface area (Å²) in [6.45, 7) is 2.30. The van der Waals surface area contributed by atoms with Gasteiger partial charge in [-0.2, -0.15) is 0 Å². The minimum atomic E-state index is -3.34. The molecule has 2 amide bonds. The molecule has 2 fully saturated rings. The molecule has 2 atom stereocenters. The molecule has 1 aliphatic carbocycles. The topological polar surface area (TPSA) is 89.5 Å². The fraction of sp³-hybridized carbons (Fsp3) is 0.565. The van der Waals surface area contributed by atoms with Crippen molar-refractivity contribution in [2.75, 3.05) is 18.1 Å². The number of allylic oxidation sites excluding steroid dienone is 1. The normalized spacial score (nSPS) is 20.6. The predicted octanol–water partition coefficient (Wildman–Crippen LogP) is 3.52. The van der Waals surface area contributed by atoms with Gasteiger partial charge in [0.1, 0.15) is 0 Å². The molecule has 3 rings (SSSR count). The smallest absolute Gasteiger partial charge is 0.229 e. The number of amides is 2. The van der Waals surface area contributed by atoms with Crippen LogP contribution in [0.15, 0.2) is 30.4 Å². The summed E-state index contributed by atoms with van der Waals surface area (Å²) in [6, 6.07) is 4.54. The van der Waals surface area contributed by atoms with Crippen LogP contribution in [0.4, 0.5) is 4.39 Å². The highest BCUT2D eigenvalue weighted by Gasteiger charge is 2.26. The number of hydrogen-bond acceptors (Lipinski definition) is 5. The number of nitrogens with one attached hydrogen (secondary N) is 1. The van der Waals surface area contributed by atoms with E-state index in [4.69, 9.17) is 4.74 Å². The molecule has 2 aliphatic rings. The van der Waals surface area contributed by atoms with Crippen molar-refractivity contribution in [1.29, 1.82) is 0 Å². The van der Waals surface area contributed by atoms with Gasteiger partial charge in [0.05, 0.1) is 18.1 Å². The number of rotatable bonds is 11. The van der Waals surface area contributed by atoms with Crippen molar-refractivity contribution < 1.29 is 27.1 Å². The minimum Gasteiger partial charge on any atom is -0.490 e.